The van der Waals surface area contributed by atoms with Gasteiger partial charge in [0.15, 0.2) is 5.43 Å². The molecule has 0 aliphatic carbocycles. The Hall–Kier alpha value is -3.80. The summed E-state index contributed by atoms with van der Waals surface area (Å²) in [6, 6.07) is 16.0. The standard InChI is InChI=1S/C26H19F2NO3/c1-14(2)15-3-5-16(6-4-15)23-22-24(30)20-13-18(28)9-12-21(20)32-25(22)26(31)29(23)19-10-7-17(27)8-11-19/h3-14,23H,1-2H3. The molecule has 0 spiro atoms. The minimum Gasteiger partial charge on any atom is -0.450 e. The van der Waals surface area contributed by atoms with E-state index < -0.39 is 29.0 Å². The first-order valence-electron chi connectivity index (χ1n) is 10.3. The molecule has 3 aromatic carbocycles. The summed E-state index contributed by atoms with van der Waals surface area (Å²) in [5.41, 5.74) is 2.06. The van der Waals surface area contributed by atoms with Gasteiger partial charge in [-0.15, -0.1) is 0 Å². The fourth-order valence-corrected chi connectivity index (χ4v) is 4.19. The van der Waals surface area contributed by atoms with Crippen LogP contribution < -0.4 is 10.3 Å². The quantitative estimate of drug-likeness (QED) is 0.403. The van der Waals surface area contributed by atoms with Crippen molar-refractivity contribution < 1.29 is 18.0 Å². The zero-order valence-electron chi connectivity index (χ0n) is 17.4. The third-order valence-corrected chi connectivity index (χ3v) is 5.86. The summed E-state index contributed by atoms with van der Waals surface area (Å²) in [5.74, 6) is -1.29. The van der Waals surface area contributed by atoms with Crippen molar-refractivity contribution in [2.75, 3.05) is 4.90 Å². The SMILES string of the molecule is CC(C)c1ccc(C2c3c(oc4ccc(F)cc4c3=O)C(=O)N2c2ccc(F)cc2)cc1. The van der Waals surface area contributed by atoms with Gasteiger partial charge in [0, 0.05) is 5.69 Å². The van der Waals surface area contributed by atoms with Gasteiger partial charge in [0.1, 0.15) is 17.2 Å². The molecule has 6 heteroatoms. The Labute approximate surface area is 182 Å². The fourth-order valence-electron chi connectivity index (χ4n) is 4.19. The Morgan fingerprint density at radius 1 is 0.875 bits per heavy atom. The van der Waals surface area contributed by atoms with Crippen molar-refractivity contribution >= 4 is 22.6 Å². The van der Waals surface area contributed by atoms with Crippen LogP contribution in [-0.4, -0.2) is 5.91 Å². The van der Waals surface area contributed by atoms with Gasteiger partial charge in [0.05, 0.1) is 17.0 Å². The molecule has 1 aliphatic heterocycles. The number of hydrogen-bond donors (Lipinski definition) is 0. The molecule has 1 atom stereocenters. The Morgan fingerprint density at radius 3 is 2.19 bits per heavy atom. The van der Waals surface area contributed by atoms with E-state index in [4.69, 9.17) is 4.42 Å². The van der Waals surface area contributed by atoms with E-state index in [2.05, 4.69) is 13.8 Å². The van der Waals surface area contributed by atoms with E-state index in [1.807, 2.05) is 24.3 Å². The highest BCUT2D eigenvalue weighted by atomic mass is 19.1. The molecule has 0 saturated carbocycles. The van der Waals surface area contributed by atoms with Gasteiger partial charge < -0.3 is 4.42 Å². The lowest BCUT2D eigenvalue weighted by atomic mass is 9.95. The van der Waals surface area contributed by atoms with Gasteiger partial charge in [0.2, 0.25) is 5.76 Å². The second-order valence-electron chi connectivity index (χ2n) is 8.19. The Balaban J connectivity index is 1.78. The monoisotopic (exact) mass is 431 g/mol. The highest BCUT2D eigenvalue weighted by Gasteiger charge is 2.43. The van der Waals surface area contributed by atoms with Crippen molar-refractivity contribution in [3.8, 4) is 0 Å². The van der Waals surface area contributed by atoms with Crippen LogP contribution in [0.25, 0.3) is 11.0 Å². The maximum Gasteiger partial charge on any atom is 0.295 e. The molecule has 1 unspecified atom stereocenters. The molecule has 32 heavy (non-hydrogen) atoms. The fraction of sp³-hybridized carbons (Fsp3) is 0.154. The zero-order chi connectivity index (χ0) is 22.6. The van der Waals surface area contributed by atoms with Gasteiger partial charge >= 0.3 is 0 Å². The van der Waals surface area contributed by atoms with E-state index in [1.165, 1.54) is 41.3 Å². The van der Waals surface area contributed by atoms with Gasteiger partial charge in [-0.25, -0.2) is 8.78 Å². The number of fused-ring (bicyclic) bond motifs is 2. The minimum atomic E-state index is -0.784. The Bertz CT molecular complexity index is 1410. The number of nitrogens with zero attached hydrogens (tertiary/aromatic N) is 1. The number of rotatable bonds is 3. The molecule has 4 aromatic rings. The molecular weight excluding hydrogens is 412 g/mol. The highest BCUT2D eigenvalue weighted by Crippen LogP contribution is 2.41. The third-order valence-electron chi connectivity index (χ3n) is 5.86. The normalized spacial score (nSPS) is 15.6. The number of hydrogen-bond acceptors (Lipinski definition) is 3. The second kappa shape index (κ2) is 7.41. The molecule has 1 aromatic heterocycles. The lowest BCUT2D eigenvalue weighted by Crippen LogP contribution is -2.29. The van der Waals surface area contributed by atoms with Crippen molar-refractivity contribution in [1.82, 2.24) is 0 Å². The molecule has 0 fully saturated rings. The Kier molecular flexibility index (Phi) is 4.66. The predicted molar refractivity (Wildman–Crippen MR) is 118 cm³/mol. The molecule has 2 heterocycles. The first-order chi connectivity index (χ1) is 15.3. The molecule has 4 nitrogen and oxygen atoms in total. The minimum absolute atomic E-state index is 0.0707. The Morgan fingerprint density at radius 2 is 1.53 bits per heavy atom. The maximum absolute atomic E-state index is 13.9. The first kappa shape index (κ1) is 20.1. The van der Waals surface area contributed by atoms with Gasteiger partial charge in [-0.2, -0.15) is 0 Å². The van der Waals surface area contributed by atoms with E-state index >= 15 is 0 Å². The molecule has 0 radical (unpaired) electrons. The van der Waals surface area contributed by atoms with Crippen LogP contribution in [0.1, 0.15) is 53.1 Å². The number of carbonyl (C=O) groups excluding carboxylic acids is 1. The lowest BCUT2D eigenvalue weighted by molar-refractivity contribution is 0.0971. The summed E-state index contributed by atoms with van der Waals surface area (Å²) < 4.78 is 33.2. The van der Waals surface area contributed by atoms with Crippen molar-refractivity contribution in [3.63, 3.8) is 0 Å². The van der Waals surface area contributed by atoms with Crippen molar-refractivity contribution in [1.29, 1.82) is 0 Å². The van der Waals surface area contributed by atoms with E-state index in [-0.39, 0.29) is 22.3 Å². The van der Waals surface area contributed by atoms with E-state index in [9.17, 15) is 18.4 Å². The summed E-state index contributed by atoms with van der Waals surface area (Å²) in [7, 11) is 0. The van der Waals surface area contributed by atoms with Crippen LogP contribution in [-0.2, 0) is 0 Å². The number of carbonyl (C=O) groups is 1. The smallest absolute Gasteiger partial charge is 0.295 e. The topological polar surface area (TPSA) is 50.5 Å². The van der Waals surface area contributed by atoms with Crippen LogP contribution in [0.2, 0.25) is 0 Å². The predicted octanol–water partition coefficient (Wildman–Crippen LogP) is 5.94. The summed E-state index contributed by atoms with van der Waals surface area (Å²) in [5, 5.41) is 0.0707. The van der Waals surface area contributed by atoms with Crippen molar-refractivity contribution in [2.24, 2.45) is 0 Å². The van der Waals surface area contributed by atoms with Crippen molar-refractivity contribution in [2.45, 2.75) is 25.8 Å². The van der Waals surface area contributed by atoms with Crippen LogP contribution in [0, 0.1) is 11.6 Å². The van der Waals surface area contributed by atoms with Gasteiger partial charge in [-0.1, -0.05) is 38.1 Å². The van der Waals surface area contributed by atoms with E-state index in [0.29, 0.717) is 17.2 Å². The van der Waals surface area contributed by atoms with E-state index in [0.717, 1.165) is 11.6 Å². The van der Waals surface area contributed by atoms with Gasteiger partial charge in [0.25, 0.3) is 5.91 Å². The van der Waals surface area contributed by atoms with Crippen LogP contribution in [0.3, 0.4) is 0 Å². The van der Waals surface area contributed by atoms with Gasteiger partial charge in [-0.3, -0.25) is 14.5 Å². The summed E-state index contributed by atoms with van der Waals surface area (Å²) in [4.78, 5) is 28.3. The van der Waals surface area contributed by atoms with Crippen LogP contribution >= 0.6 is 0 Å². The molecular formula is C26H19F2NO3. The summed E-state index contributed by atoms with van der Waals surface area (Å²) >= 11 is 0. The molecule has 160 valence electrons. The number of amides is 1. The van der Waals surface area contributed by atoms with Crippen LogP contribution in [0.15, 0.2) is 75.9 Å². The average molecular weight is 431 g/mol. The largest absolute Gasteiger partial charge is 0.450 e. The second-order valence-corrected chi connectivity index (χ2v) is 8.19. The number of anilines is 1. The summed E-state index contributed by atoms with van der Waals surface area (Å²) in [6.45, 7) is 4.15. The first-order valence-corrected chi connectivity index (χ1v) is 10.3. The highest BCUT2D eigenvalue weighted by molar-refractivity contribution is 6.10. The van der Waals surface area contributed by atoms with Crippen LogP contribution in [0.4, 0.5) is 14.5 Å². The maximum atomic E-state index is 13.9. The molecule has 5 rings (SSSR count). The molecule has 1 aliphatic rings. The number of benzene rings is 3. The van der Waals surface area contributed by atoms with Gasteiger partial charge in [-0.05, 0) is 59.5 Å². The number of halogens is 2. The van der Waals surface area contributed by atoms with Crippen LogP contribution in [0.5, 0.6) is 0 Å². The molecule has 0 bridgehead atoms. The summed E-state index contributed by atoms with van der Waals surface area (Å²) in [6.07, 6.45) is 0. The zero-order valence-corrected chi connectivity index (χ0v) is 17.4. The van der Waals surface area contributed by atoms with Crippen molar-refractivity contribution in [3.05, 3.63) is 111 Å². The molecule has 0 saturated heterocycles. The molecule has 0 N–H and O–H groups in total. The average Bonchev–Trinajstić information content (AvgIpc) is 3.07. The molecule has 1 amide bonds. The third kappa shape index (κ3) is 3.11. The van der Waals surface area contributed by atoms with E-state index in [1.54, 1.807) is 0 Å². The lowest BCUT2D eigenvalue weighted by Gasteiger charge is -2.25.